The summed E-state index contributed by atoms with van der Waals surface area (Å²) in [6.45, 7) is 8.52. The molecule has 1 aromatic rings. The summed E-state index contributed by atoms with van der Waals surface area (Å²) in [7, 11) is 0. The van der Waals surface area contributed by atoms with E-state index in [0.717, 1.165) is 32.0 Å². The average Bonchev–Trinajstić information content (AvgIpc) is 2.49. The standard InChI is InChI=1S/C17H27NO2/c1-16-8-4-5-9-17(16)20-13-7-3-2-6-10-18-11-14-19-15-12-18/h4-5,8-9H,2-3,6-7,10-15H2,1H3/p+1. The van der Waals surface area contributed by atoms with E-state index in [1.807, 2.05) is 6.07 Å². The number of unbranched alkanes of at least 4 members (excludes halogenated alkanes) is 3. The molecule has 112 valence electrons. The van der Waals surface area contributed by atoms with Gasteiger partial charge in [-0.05, 0) is 44.2 Å². The molecule has 0 spiro atoms. The van der Waals surface area contributed by atoms with Gasteiger partial charge >= 0.3 is 0 Å². The van der Waals surface area contributed by atoms with Gasteiger partial charge in [0.1, 0.15) is 18.8 Å². The number of nitrogens with one attached hydrogen (secondary N) is 1. The first-order valence-corrected chi connectivity index (χ1v) is 7.96. The van der Waals surface area contributed by atoms with Gasteiger partial charge in [0.25, 0.3) is 0 Å². The third-order valence-electron chi connectivity index (χ3n) is 3.98. The van der Waals surface area contributed by atoms with Crippen molar-refractivity contribution in [2.45, 2.75) is 32.6 Å². The molecular formula is C17H28NO2+. The van der Waals surface area contributed by atoms with Crippen LogP contribution in [0.1, 0.15) is 31.2 Å². The number of ether oxygens (including phenoxy) is 2. The molecule has 0 atom stereocenters. The van der Waals surface area contributed by atoms with Crippen molar-refractivity contribution in [3.8, 4) is 5.75 Å². The Morgan fingerprint density at radius 3 is 2.60 bits per heavy atom. The second-order valence-corrected chi connectivity index (χ2v) is 5.64. The molecular weight excluding hydrogens is 250 g/mol. The number of hydrogen-bond acceptors (Lipinski definition) is 2. The van der Waals surface area contributed by atoms with E-state index in [2.05, 4.69) is 25.1 Å². The highest BCUT2D eigenvalue weighted by Crippen LogP contribution is 2.16. The van der Waals surface area contributed by atoms with Gasteiger partial charge in [-0.2, -0.15) is 0 Å². The molecule has 1 saturated heterocycles. The Bertz CT molecular complexity index is 375. The van der Waals surface area contributed by atoms with Crippen molar-refractivity contribution >= 4 is 0 Å². The van der Waals surface area contributed by atoms with Crippen LogP contribution in [0.5, 0.6) is 5.75 Å². The Morgan fingerprint density at radius 2 is 1.80 bits per heavy atom. The number of morpholine rings is 1. The number of hydrogen-bond donors (Lipinski definition) is 1. The highest BCUT2D eigenvalue weighted by atomic mass is 16.5. The minimum absolute atomic E-state index is 0.843. The zero-order valence-electron chi connectivity index (χ0n) is 12.7. The molecule has 1 heterocycles. The summed E-state index contributed by atoms with van der Waals surface area (Å²) in [5, 5.41) is 0. The van der Waals surface area contributed by atoms with Crippen LogP contribution in [-0.4, -0.2) is 39.5 Å². The third kappa shape index (κ3) is 5.51. The number of aryl methyl sites for hydroxylation is 1. The molecule has 0 amide bonds. The number of rotatable bonds is 8. The summed E-state index contributed by atoms with van der Waals surface area (Å²) in [6, 6.07) is 8.24. The number of benzene rings is 1. The van der Waals surface area contributed by atoms with Crippen LogP contribution in [0.4, 0.5) is 0 Å². The Morgan fingerprint density at radius 1 is 1.05 bits per heavy atom. The summed E-state index contributed by atoms with van der Waals surface area (Å²) in [5.74, 6) is 1.03. The van der Waals surface area contributed by atoms with Crippen molar-refractivity contribution < 1.29 is 14.4 Å². The first-order chi connectivity index (χ1) is 9.86. The molecule has 0 bridgehead atoms. The Hall–Kier alpha value is -1.06. The average molecular weight is 278 g/mol. The van der Waals surface area contributed by atoms with Gasteiger partial charge in [-0.15, -0.1) is 0 Å². The highest BCUT2D eigenvalue weighted by Gasteiger charge is 2.12. The molecule has 1 aliphatic rings. The molecule has 0 aromatic heterocycles. The van der Waals surface area contributed by atoms with Gasteiger partial charge in [0.2, 0.25) is 0 Å². The molecule has 0 aliphatic carbocycles. The molecule has 0 saturated carbocycles. The van der Waals surface area contributed by atoms with Crippen molar-refractivity contribution in [3.05, 3.63) is 29.8 Å². The van der Waals surface area contributed by atoms with Gasteiger partial charge < -0.3 is 14.4 Å². The van der Waals surface area contributed by atoms with E-state index in [-0.39, 0.29) is 0 Å². The van der Waals surface area contributed by atoms with Crippen molar-refractivity contribution in [3.63, 3.8) is 0 Å². The molecule has 20 heavy (non-hydrogen) atoms. The SMILES string of the molecule is Cc1ccccc1OCCCCCC[NH+]1CCOCC1. The molecule has 3 nitrogen and oxygen atoms in total. The maximum Gasteiger partial charge on any atom is 0.122 e. The molecule has 2 rings (SSSR count). The fourth-order valence-corrected chi connectivity index (χ4v) is 2.64. The van der Waals surface area contributed by atoms with E-state index < -0.39 is 0 Å². The molecule has 1 fully saturated rings. The van der Waals surface area contributed by atoms with Crippen molar-refractivity contribution in [2.75, 3.05) is 39.5 Å². The molecule has 1 aliphatic heterocycles. The lowest BCUT2D eigenvalue weighted by Crippen LogP contribution is -3.14. The fraction of sp³-hybridized carbons (Fsp3) is 0.647. The summed E-state index contributed by atoms with van der Waals surface area (Å²) in [4.78, 5) is 1.72. The lowest BCUT2D eigenvalue weighted by atomic mass is 10.2. The van der Waals surface area contributed by atoms with Crippen LogP contribution in [0.3, 0.4) is 0 Å². The molecule has 0 unspecified atom stereocenters. The van der Waals surface area contributed by atoms with Crippen LogP contribution < -0.4 is 9.64 Å². The van der Waals surface area contributed by atoms with Crippen molar-refractivity contribution in [1.29, 1.82) is 0 Å². The Balaban J connectivity index is 1.46. The molecule has 1 aromatic carbocycles. The number of para-hydroxylation sites is 1. The van der Waals surface area contributed by atoms with Crippen LogP contribution in [0.25, 0.3) is 0 Å². The van der Waals surface area contributed by atoms with Crippen molar-refractivity contribution in [1.82, 2.24) is 0 Å². The topological polar surface area (TPSA) is 22.9 Å². The van der Waals surface area contributed by atoms with E-state index in [4.69, 9.17) is 9.47 Å². The van der Waals surface area contributed by atoms with Crippen LogP contribution in [0, 0.1) is 6.92 Å². The zero-order chi connectivity index (χ0) is 14.0. The summed E-state index contributed by atoms with van der Waals surface area (Å²) in [5.41, 5.74) is 1.23. The van der Waals surface area contributed by atoms with E-state index in [1.165, 1.54) is 44.5 Å². The van der Waals surface area contributed by atoms with E-state index in [0.29, 0.717) is 0 Å². The van der Waals surface area contributed by atoms with Gasteiger partial charge in [-0.25, -0.2) is 0 Å². The quantitative estimate of drug-likeness (QED) is 0.733. The minimum atomic E-state index is 0.843. The van der Waals surface area contributed by atoms with E-state index >= 15 is 0 Å². The zero-order valence-corrected chi connectivity index (χ0v) is 12.7. The van der Waals surface area contributed by atoms with Crippen LogP contribution in [0.15, 0.2) is 24.3 Å². The van der Waals surface area contributed by atoms with Gasteiger partial charge in [0.15, 0.2) is 0 Å². The summed E-state index contributed by atoms with van der Waals surface area (Å²) >= 11 is 0. The molecule has 1 N–H and O–H groups in total. The van der Waals surface area contributed by atoms with Crippen molar-refractivity contribution in [2.24, 2.45) is 0 Å². The van der Waals surface area contributed by atoms with Gasteiger partial charge in [-0.3, -0.25) is 0 Å². The van der Waals surface area contributed by atoms with Gasteiger partial charge in [-0.1, -0.05) is 18.2 Å². The summed E-state index contributed by atoms with van der Waals surface area (Å²) < 4.78 is 11.2. The normalized spacial score (nSPS) is 16.2. The maximum atomic E-state index is 5.81. The highest BCUT2D eigenvalue weighted by molar-refractivity contribution is 5.31. The predicted octanol–water partition coefficient (Wildman–Crippen LogP) is 1.85. The monoisotopic (exact) mass is 278 g/mol. The molecule has 3 heteroatoms. The maximum absolute atomic E-state index is 5.81. The second kappa shape index (κ2) is 8.98. The van der Waals surface area contributed by atoms with Gasteiger partial charge in [0, 0.05) is 0 Å². The number of quaternary nitrogens is 1. The van der Waals surface area contributed by atoms with E-state index in [1.54, 1.807) is 4.90 Å². The summed E-state index contributed by atoms with van der Waals surface area (Å²) in [6.07, 6.45) is 5.09. The lowest BCUT2D eigenvalue weighted by molar-refractivity contribution is -0.908. The third-order valence-corrected chi connectivity index (χ3v) is 3.98. The predicted molar refractivity (Wildman–Crippen MR) is 81.5 cm³/mol. The van der Waals surface area contributed by atoms with Crippen LogP contribution >= 0.6 is 0 Å². The Kier molecular flexibility index (Phi) is 6.89. The van der Waals surface area contributed by atoms with Crippen LogP contribution in [-0.2, 0) is 4.74 Å². The largest absolute Gasteiger partial charge is 0.493 e. The van der Waals surface area contributed by atoms with Crippen LogP contribution in [0.2, 0.25) is 0 Å². The minimum Gasteiger partial charge on any atom is -0.493 e. The Labute approximate surface area is 122 Å². The van der Waals surface area contributed by atoms with E-state index in [9.17, 15) is 0 Å². The first kappa shape index (κ1) is 15.3. The second-order valence-electron chi connectivity index (χ2n) is 5.64. The lowest BCUT2D eigenvalue weighted by Gasteiger charge is -2.23. The van der Waals surface area contributed by atoms with Gasteiger partial charge in [0.05, 0.1) is 26.4 Å². The molecule has 0 radical (unpaired) electrons. The fourth-order valence-electron chi connectivity index (χ4n) is 2.64. The smallest absolute Gasteiger partial charge is 0.122 e. The first-order valence-electron chi connectivity index (χ1n) is 7.96.